The van der Waals surface area contributed by atoms with E-state index in [0.717, 1.165) is 11.3 Å². The van der Waals surface area contributed by atoms with Gasteiger partial charge in [0, 0.05) is 11.1 Å². The van der Waals surface area contributed by atoms with Gasteiger partial charge in [-0.3, -0.25) is 4.79 Å². The lowest BCUT2D eigenvalue weighted by Crippen LogP contribution is -2.45. The summed E-state index contributed by atoms with van der Waals surface area (Å²) >= 11 is 6.05. The number of aliphatic hydroxyl groups excluding tert-OH is 1. The fourth-order valence-corrected chi connectivity index (χ4v) is 3.57. The summed E-state index contributed by atoms with van der Waals surface area (Å²) in [5.74, 6) is 1.10. The molecule has 4 rings (SSSR count). The number of para-hydroxylation sites is 2. The third kappa shape index (κ3) is 4.52. The lowest BCUT2D eigenvalue weighted by atomic mass is 10.2. The molecule has 8 heteroatoms. The summed E-state index contributed by atoms with van der Waals surface area (Å²) in [7, 11) is 0. The number of nitrogens with one attached hydrogen (secondary N) is 1. The van der Waals surface area contributed by atoms with Crippen LogP contribution in [0.25, 0.3) is 0 Å². The molecule has 1 aliphatic heterocycles. The van der Waals surface area contributed by atoms with Crippen LogP contribution in [0.1, 0.15) is 5.56 Å². The number of ether oxygens (including phenoxy) is 1. The van der Waals surface area contributed by atoms with Crippen molar-refractivity contribution in [2.45, 2.75) is 12.6 Å². The van der Waals surface area contributed by atoms with Crippen molar-refractivity contribution in [2.75, 3.05) is 29.9 Å². The Bertz CT molecular complexity index is 1010. The van der Waals surface area contributed by atoms with Crippen LogP contribution >= 0.6 is 11.6 Å². The quantitative estimate of drug-likeness (QED) is 0.650. The number of anilines is 2. The molecule has 2 N–H and O–H groups in total. The van der Waals surface area contributed by atoms with E-state index in [1.54, 1.807) is 16.9 Å². The van der Waals surface area contributed by atoms with Crippen molar-refractivity contribution in [3.05, 3.63) is 71.4 Å². The molecule has 29 heavy (non-hydrogen) atoms. The Morgan fingerprint density at radius 3 is 2.93 bits per heavy atom. The number of carbonyl (C=O) groups excluding carboxylic acids is 1. The second kappa shape index (κ2) is 8.55. The van der Waals surface area contributed by atoms with E-state index in [2.05, 4.69) is 10.4 Å². The lowest BCUT2D eigenvalue weighted by Gasteiger charge is -2.35. The Labute approximate surface area is 173 Å². The van der Waals surface area contributed by atoms with Crippen LogP contribution in [0, 0.1) is 0 Å². The third-order valence-corrected chi connectivity index (χ3v) is 4.90. The van der Waals surface area contributed by atoms with E-state index in [1.807, 2.05) is 53.4 Å². The number of halogens is 1. The molecule has 1 amide bonds. The molecule has 0 unspecified atom stereocenters. The van der Waals surface area contributed by atoms with Crippen molar-refractivity contribution in [1.29, 1.82) is 0 Å². The molecule has 150 valence electrons. The second-order valence-electron chi connectivity index (χ2n) is 6.82. The van der Waals surface area contributed by atoms with Crippen molar-refractivity contribution in [2.24, 2.45) is 0 Å². The summed E-state index contributed by atoms with van der Waals surface area (Å²) in [6, 6.07) is 16.8. The lowest BCUT2D eigenvalue weighted by molar-refractivity contribution is -0.115. The fraction of sp³-hybridized carbons (Fsp3) is 0.238. The Kier molecular flexibility index (Phi) is 5.69. The van der Waals surface area contributed by atoms with Crippen molar-refractivity contribution >= 4 is 29.0 Å². The molecule has 2 aromatic carbocycles. The predicted molar refractivity (Wildman–Crippen MR) is 112 cm³/mol. The van der Waals surface area contributed by atoms with Gasteiger partial charge in [0.1, 0.15) is 17.7 Å². The standard InChI is InChI=1S/C21H21ClN4O3/c22-16-5-3-4-15(10-16)11-26-20(8-9-23-26)24-21(28)13-25-12-17(14-27)29-19-7-2-1-6-18(19)25/h1-10,17,27H,11-14H2,(H,24,28)/t17-/m1/s1. The van der Waals surface area contributed by atoms with Crippen LogP contribution < -0.4 is 15.0 Å². The fourth-order valence-electron chi connectivity index (χ4n) is 3.35. The van der Waals surface area contributed by atoms with Gasteiger partial charge in [-0.25, -0.2) is 4.68 Å². The molecular weight excluding hydrogens is 392 g/mol. The molecule has 0 aliphatic carbocycles. The number of aromatic nitrogens is 2. The van der Waals surface area contributed by atoms with Crippen LogP contribution in [-0.4, -0.2) is 46.6 Å². The molecule has 7 nitrogen and oxygen atoms in total. The molecule has 1 atom stereocenters. The van der Waals surface area contributed by atoms with Crippen LogP contribution in [-0.2, 0) is 11.3 Å². The molecule has 2 heterocycles. The number of carbonyl (C=O) groups is 1. The third-order valence-electron chi connectivity index (χ3n) is 4.67. The summed E-state index contributed by atoms with van der Waals surface area (Å²) in [5.41, 5.74) is 1.82. The largest absolute Gasteiger partial charge is 0.484 e. The number of aliphatic hydroxyl groups is 1. The van der Waals surface area contributed by atoms with Gasteiger partial charge in [0.05, 0.1) is 38.1 Å². The number of nitrogens with zero attached hydrogens (tertiary/aromatic N) is 3. The zero-order valence-electron chi connectivity index (χ0n) is 15.7. The number of fused-ring (bicyclic) bond motifs is 1. The van der Waals surface area contributed by atoms with E-state index < -0.39 is 0 Å². The van der Waals surface area contributed by atoms with Gasteiger partial charge in [0.25, 0.3) is 0 Å². The van der Waals surface area contributed by atoms with E-state index in [1.165, 1.54) is 0 Å². The highest BCUT2D eigenvalue weighted by atomic mass is 35.5. The first kappa shape index (κ1) is 19.3. The second-order valence-corrected chi connectivity index (χ2v) is 7.26. The molecular formula is C21H21ClN4O3. The Morgan fingerprint density at radius 2 is 2.10 bits per heavy atom. The van der Waals surface area contributed by atoms with E-state index in [0.29, 0.717) is 29.7 Å². The van der Waals surface area contributed by atoms with E-state index in [9.17, 15) is 9.90 Å². The maximum atomic E-state index is 12.7. The van der Waals surface area contributed by atoms with Gasteiger partial charge in [-0.1, -0.05) is 35.9 Å². The SMILES string of the molecule is O=C(CN1C[C@H](CO)Oc2ccccc21)Nc1ccnn1Cc1cccc(Cl)c1. The maximum absolute atomic E-state index is 12.7. The minimum Gasteiger partial charge on any atom is -0.484 e. The van der Waals surface area contributed by atoms with Crippen LogP contribution in [0.15, 0.2) is 60.8 Å². The van der Waals surface area contributed by atoms with Gasteiger partial charge in [-0.15, -0.1) is 0 Å². The van der Waals surface area contributed by atoms with Crippen molar-refractivity contribution in [1.82, 2.24) is 9.78 Å². The number of amides is 1. The van der Waals surface area contributed by atoms with Gasteiger partial charge in [-0.05, 0) is 29.8 Å². The smallest absolute Gasteiger partial charge is 0.245 e. The Morgan fingerprint density at radius 1 is 1.24 bits per heavy atom. The molecule has 1 aliphatic rings. The maximum Gasteiger partial charge on any atom is 0.245 e. The van der Waals surface area contributed by atoms with Gasteiger partial charge < -0.3 is 20.1 Å². The number of hydrogen-bond donors (Lipinski definition) is 2. The highest BCUT2D eigenvalue weighted by Crippen LogP contribution is 2.32. The Hall–Kier alpha value is -3.03. The van der Waals surface area contributed by atoms with Crippen molar-refractivity contribution < 1.29 is 14.6 Å². The molecule has 0 bridgehead atoms. The van der Waals surface area contributed by atoms with Gasteiger partial charge in [0.15, 0.2) is 0 Å². The molecule has 1 aromatic heterocycles. The minimum absolute atomic E-state index is 0.112. The first-order valence-electron chi connectivity index (χ1n) is 9.30. The first-order valence-corrected chi connectivity index (χ1v) is 9.68. The summed E-state index contributed by atoms with van der Waals surface area (Å²) in [6.07, 6.45) is 1.28. The van der Waals surface area contributed by atoms with Crippen LogP contribution in [0.5, 0.6) is 5.75 Å². The summed E-state index contributed by atoms with van der Waals surface area (Å²) in [5, 5.41) is 17.4. The van der Waals surface area contributed by atoms with Crippen LogP contribution in [0.3, 0.4) is 0 Å². The molecule has 0 saturated carbocycles. The normalized spacial score (nSPS) is 15.5. The molecule has 0 fully saturated rings. The van der Waals surface area contributed by atoms with Crippen LogP contribution in [0.2, 0.25) is 5.02 Å². The molecule has 0 radical (unpaired) electrons. The monoisotopic (exact) mass is 412 g/mol. The highest BCUT2D eigenvalue weighted by molar-refractivity contribution is 6.30. The minimum atomic E-state index is -0.369. The summed E-state index contributed by atoms with van der Waals surface area (Å²) in [4.78, 5) is 14.6. The zero-order chi connectivity index (χ0) is 20.2. The number of hydrogen-bond acceptors (Lipinski definition) is 5. The molecule has 3 aromatic rings. The zero-order valence-corrected chi connectivity index (χ0v) is 16.4. The number of rotatable bonds is 6. The van der Waals surface area contributed by atoms with Gasteiger partial charge >= 0.3 is 0 Å². The summed E-state index contributed by atoms with van der Waals surface area (Å²) < 4.78 is 7.46. The molecule has 0 saturated heterocycles. The van der Waals surface area contributed by atoms with E-state index in [4.69, 9.17) is 16.3 Å². The average Bonchev–Trinajstić information content (AvgIpc) is 3.14. The van der Waals surface area contributed by atoms with Crippen molar-refractivity contribution in [3.8, 4) is 5.75 Å². The first-order chi connectivity index (χ1) is 14.1. The highest BCUT2D eigenvalue weighted by Gasteiger charge is 2.26. The predicted octanol–water partition coefficient (Wildman–Crippen LogP) is 2.78. The van der Waals surface area contributed by atoms with Gasteiger partial charge in [-0.2, -0.15) is 5.10 Å². The average molecular weight is 413 g/mol. The number of benzene rings is 2. The molecule has 0 spiro atoms. The Balaban J connectivity index is 1.45. The van der Waals surface area contributed by atoms with E-state index >= 15 is 0 Å². The summed E-state index contributed by atoms with van der Waals surface area (Å²) in [6.45, 7) is 0.955. The van der Waals surface area contributed by atoms with E-state index in [-0.39, 0.29) is 25.2 Å². The van der Waals surface area contributed by atoms with Crippen molar-refractivity contribution in [3.63, 3.8) is 0 Å². The van der Waals surface area contributed by atoms with Crippen LogP contribution in [0.4, 0.5) is 11.5 Å². The van der Waals surface area contributed by atoms with Gasteiger partial charge in [0.2, 0.25) is 5.91 Å². The topological polar surface area (TPSA) is 79.6 Å².